The number of ether oxygens (including phenoxy) is 2. The van der Waals surface area contributed by atoms with Crippen LogP contribution in [0.2, 0.25) is 0 Å². The van der Waals surface area contributed by atoms with Gasteiger partial charge in [0.1, 0.15) is 11.5 Å². The first-order valence-electron chi connectivity index (χ1n) is 8.53. The molecule has 1 unspecified atom stereocenters. The van der Waals surface area contributed by atoms with E-state index < -0.39 is 0 Å². The third-order valence-electron chi connectivity index (χ3n) is 4.94. The highest BCUT2D eigenvalue weighted by Gasteiger charge is 2.20. The number of piperidine rings is 1. The first kappa shape index (κ1) is 16.8. The van der Waals surface area contributed by atoms with Gasteiger partial charge < -0.3 is 14.5 Å². The monoisotopic (exact) mass is 330 g/mol. The molecule has 1 N–H and O–H groups in total. The molecule has 1 aliphatic rings. The Kier molecular flexibility index (Phi) is 4.81. The van der Waals surface area contributed by atoms with Gasteiger partial charge in [-0.05, 0) is 38.3 Å². The lowest BCUT2D eigenvalue weighted by Gasteiger charge is -2.31. The zero-order chi connectivity index (χ0) is 17.3. The van der Waals surface area contributed by atoms with Crippen LogP contribution in [0.25, 0.3) is 10.9 Å². The van der Waals surface area contributed by atoms with Crippen LogP contribution in [-0.4, -0.2) is 37.2 Å². The number of benzene rings is 1. The number of fused-ring (bicyclic) bond motifs is 1. The number of hydrogen-bond acceptors (Lipinski definition) is 4. The van der Waals surface area contributed by atoms with Crippen LogP contribution in [0.1, 0.15) is 31.0 Å². The molecule has 0 bridgehead atoms. The van der Waals surface area contributed by atoms with Gasteiger partial charge in [0.25, 0.3) is 0 Å². The molecule has 0 saturated carbocycles. The predicted octanol–water partition coefficient (Wildman–Crippen LogP) is 3.09. The highest BCUT2D eigenvalue weighted by Crippen LogP contribution is 2.29. The van der Waals surface area contributed by atoms with Gasteiger partial charge in [0.05, 0.1) is 25.1 Å². The largest absolute Gasteiger partial charge is 0.497 e. The van der Waals surface area contributed by atoms with Gasteiger partial charge in [-0.25, -0.2) is 0 Å². The SMILES string of the molecule is COc1cc(OC)c2[nH]c(C)c(CN3CCCC(C)C3)c(=O)c2c1. The van der Waals surface area contributed by atoms with Crippen LogP contribution in [0.3, 0.4) is 0 Å². The van der Waals surface area contributed by atoms with Crippen LogP contribution in [0.15, 0.2) is 16.9 Å². The number of hydrogen-bond donors (Lipinski definition) is 1. The molecule has 5 nitrogen and oxygen atoms in total. The lowest BCUT2D eigenvalue weighted by Crippen LogP contribution is -2.35. The van der Waals surface area contributed by atoms with Gasteiger partial charge in [-0.2, -0.15) is 0 Å². The van der Waals surface area contributed by atoms with E-state index in [0.717, 1.165) is 29.9 Å². The lowest BCUT2D eigenvalue weighted by molar-refractivity contribution is 0.176. The van der Waals surface area contributed by atoms with Crippen molar-refractivity contribution in [1.29, 1.82) is 0 Å². The molecule has 24 heavy (non-hydrogen) atoms. The number of aromatic amines is 1. The van der Waals surface area contributed by atoms with E-state index in [1.165, 1.54) is 12.8 Å². The van der Waals surface area contributed by atoms with Crippen molar-refractivity contribution >= 4 is 10.9 Å². The third-order valence-corrected chi connectivity index (χ3v) is 4.94. The van der Waals surface area contributed by atoms with Gasteiger partial charge in [0, 0.05) is 30.4 Å². The summed E-state index contributed by atoms with van der Waals surface area (Å²) < 4.78 is 10.7. The van der Waals surface area contributed by atoms with Crippen molar-refractivity contribution < 1.29 is 9.47 Å². The Labute approximate surface area is 142 Å². The first-order chi connectivity index (χ1) is 11.5. The Morgan fingerprint density at radius 2 is 2.08 bits per heavy atom. The summed E-state index contributed by atoms with van der Waals surface area (Å²) >= 11 is 0. The standard InChI is InChI=1S/C19H26N2O3/c1-12-6-5-7-21(10-12)11-16-13(2)20-18-15(19(16)22)8-14(23-3)9-17(18)24-4/h8-9,12H,5-7,10-11H2,1-4H3,(H,20,22). The van der Waals surface area contributed by atoms with E-state index in [1.807, 2.05) is 6.92 Å². The zero-order valence-corrected chi connectivity index (χ0v) is 14.9. The highest BCUT2D eigenvalue weighted by atomic mass is 16.5. The fourth-order valence-corrected chi connectivity index (χ4v) is 3.62. The molecule has 5 heteroatoms. The fraction of sp³-hybridized carbons (Fsp3) is 0.526. The summed E-state index contributed by atoms with van der Waals surface area (Å²) in [6.07, 6.45) is 2.48. The fourth-order valence-electron chi connectivity index (χ4n) is 3.62. The molecule has 2 aromatic rings. The van der Waals surface area contributed by atoms with Crippen molar-refractivity contribution in [2.24, 2.45) is 5.92 Å². The average molecular weight is 330 g/mol. The van der Waals surface area contributed by atoms with Gasteiger partial charge in [0.15, 0.2) is 5.43 Å². The van der Waals surface area contributed by atoms with Gasteiger partial charge >= 0.3 is 0 Å². The maximum atomic E-state index is 13.1. The predicted molar refractivity (Wildman–Crippen MR) is 96.1 cm³/mol. The number of likely N-dealkylation sites (tertiary alicyclic amines) is 1. The molecule has 1 atom stereocenters. The molecule has 130 valence electrons. The molecule has 0 aliphatic carbocycles. The Bertz CT molecular complexity index is 797. The second-order valence-corrected chi connectivity index (χ2v) is 6.79. The van der Waals surface area contributed by atoms with E-state index in [4.69, 9.17) is 9.47 Å². The molecular weight excluding hydrogens is 304 g/mol. The average Bonchev–Trinajstić information content (AvgIpc) is 2.58. The minimum absolute atomic E-state index is 0.0664. The van der Waals surface area contributed by atoms with E-state index >= 15 is 0 Å². The zero-order valence-electron chi connectivity index (χ0n) is 14.9. The molecule has 0 radical (unpaired) electrons. The summed E-state index contributed by atoms with van der Waals surface area (Å²) in [6.45, 7) is 7.05. The maximum absolute atomic E-state index is 13.1. The van der Waals surface area contributed by atoms with Gasteiger partial charge in [0.2, 0.25) is 0 Å². The highest BCUT2D eigenvalue weighted by molar-refractivity contribution is 5.86. The molecule has 1 aliphatic heterocycles. The molecule has 1 aromatic carbocycles. The van der Waals surface area contributed by atoms with Crippen molar-refractivity contribution in [1.82, 2.24) is 9.88 Å². The Balaban J connectivity index is 2.07. The van der Waals surface area contributed by atoms with Gasteiger partial charge in [-0.15, -0.1) is 0 Å². The molecule has 0 amide bonds. The normalized spacial score (nSPS) is 18.8. The lowest BCUT2D eigenvalue weighted by atomic mass is 9.99. The smallest absolute Gasteiger partial charge is 0.194 e. The number of nitrogens with zero attached hydrogens (tertiary/aromatic N) is 1. The Morgan fingerprint density at radius 3 is 2.75 bits per heavy atom. The number of H-pyrrole nitrogens is 1. The summed E-state index contributed by atoms with van der Waals surface area (Å²) in [5, 5.41) is 0.622. The van der Waals surface area contributed by atoms with E-state index in [-0.39, 0.29) is 5.43 Å². The van der Waals surface area contributed by atoms with Crippen LogP contribution in [0.4, 0.5) is 0 Å². The van der Waals surface area contributed by atoms with Crippen molar-refractivity contribution in [2.75, 3.05) is 27.3 Å². The number of aryl methyl sites for hydroxylation is 1. The molecule has 1 saturated heterocycles. The molecule has 3 rings (SSSR count). The molecule has 0 spiro atoms. The third kappa shape index (κ3) is 3.13. The quantitative estimate of drug-likeness (QED) is 0.936. The van der Waals surface area contributed by atoms with Crippen LogP contribution >= 0.6 is 0 Å². The molecule has 1 fully saturated rings. The maximum Gasteiger partial charge on any atom is 0.194 e. The number of aromatic nitrogens is 1. The summed E-state index contributed by atoms with van der Waals surface area (Å²) in [6, 6.07) is 3.59. The minimum atomic E-state index is 0.0664. The van der Waals surface area contributed by atoms with E-state index in [1.54, 1.807) is 26.4 Å². The van der Waals surface area contributed by atoms with Crippen LogP contribution < -0.4 is 14.9 Å². The summed E-state index contributed by atoms with van der Waals surface area (Å²) in [5.41, 5.74) is 2.55. The Morgan fingerprint density at radius 1 is 1.29 bits per heavy atom. The van der Waals surface area contributed by atoms with E-state index in [9.17, 15) is 4.79 Å². The summed E-state index contributed by atoms with van der Waals surface area (Å²) in [5.74, 6) is 1.95. The van der Waals surface area contributed by atoms with Crippen molar-refractivity contribution in [3.8, 4) is 11.5 Å². The summed E-state index contributed by atoms with van der Waals surface area (Å²) in [4.78, 5) is 18.8. The van der Waals surface area contributed by atoms with E-state index in [0.29, 0.717) is 29.3 Å². The number of rotatable bonds is 4. The molecule has 1 aromatic heterocycles. The molecule has 2 heterocycles. The van der Waals surface area contributed by atoms with Crippen LogP contribution in [0, 0.1) is 12.8 Å². The number of nitrogens with one attached hydrogen (secondary N) is 1. The van der Waals surface area contributed by atoms with Gasteiger partial charge in [-0.3, -0.25) is 9.69 Å². The summed E-state index contributed by atoms with van der Waals surface area (Å²) in [7, 11) is 3.20. The van der Waals surface area contributed by atoms with Crippen LogP contribution in [-0.2, 0) is 6.54 Å². The van der Waals surface area contributed by atoms with Crippen LogP contribution in [0.5, 0.6) is 11.5 Å². The second kappa shape index (κ2) is 6.85. The second-order valence-electron chi connectivity index (χ2n) is 6.79. The van der Waals surface area contributed by atoms with Crippen molar-refractivity contribution in [3.63, 3.8) is 0 Å². The molecular formula is C19H26N2O3. The number of pyridine rings is 1. The number of methoxy groups -OCH3 is 2. The topological polar surface area (TPSA) is 54.6 Å². The van der Waals surface area contributed by atoms with Crippen molar-refractivity contribution in [3.05, 3.63) is 33.6 Å². The Hall–Kier alpha value is -2.01. The first-order valence-corrected chi connectivity index (χ1v) is 8.53. The van der Waals surface area contributed by atoms with E-state index in [2.05, 4.69) is 16.8 Å². The minimum Gasteiger partial charge on any atom is -0.497 e. The van der Waals surface area contributed by atoms with Crippen molar-refractivity contribution in [2.45, 2.75) is 33.2 Å². The van der Waals surface area contributed by atoms with Gasteiger partial charge in [-0.1, -0.05) is 6.92 Å².